The van der Waals surface area contributed by atoms with Crippen molar-refractivity contribution >= 4 is 41.1 Å². The number of fused-ring (bicyclic) bond motifs is 2. The quantitative estimate of drug-likeness (QED) is 0.374. The lowest BCUT2D eigenvalue weighted by atomic mass is 9.92. The van der Waals surface area contributed by atoms with E-state index in [9.17, 15) is 4.79 Å². The third-order valence-corrected chi connectivity index (χ3v) is 6.07. The monoisotopic (exact) mass is 469 g/mol. The van der Waals surface area contributed by atoms with Gasteiger partial charge in [-0.05, 0) is 36.1 Å². The summed E-state index contributed by atoms with van der Waals surface area (Å²) in [5.74, 6) is 1.18. The van der Waals surface area contributed by atoms with Crippen molar-refractivity contribution in [3.63, 3.8) is 0 Å². The van der Waals surface area contributed by atoms with Gasteiger partial charge in [0.1, 0.15) is 11.1 Å². The Morgan fingerprint density at radius 1 is 1.33 bits per heavy atom. The summed E-state index contributed by atoms with van der Waals surface area (Å²) in [6.07, 6.45) is 2.88. The Hall–Kier alpha value is -2.77. The molecule has 1 unspecified atom stereocenters. The highest BCUT2D eigenvalue weighted by Gasteiger charge is 2.30. The van der Waals surface area contributed by atoms with Crippen molar-refractivity contribution < 1.29 is 18.8 Å². The minimum absolute atomic E-state index is 0.0707. The number of methoxy groups -OCH3 is 1. The predicted octanol–water partition coefficient (Wildman–Crippen LogP) is 5.03. The molecule has 0 aliphatic carbocycles. The van der Waals surface area contributed by atoms with Crippen LogP contribution in [0.1, 0.15) is 39.7 Å². The highest BCUT2D eigenvalue weighted by Crippen LogP contribution is 2.38. The molecule has 1 aromatic carbocycles. The molecule has 2 aromatic heterocycles. The Balaban J connectivity index is 1.82. The van der Waals surface area contributed by atoms with E-state index < -0.39 is 0 Å². The molecular weight excluding hydrogens is 440 g/mol. The van der Waals surface area contributed by atoms with Crippen LogP contribution in [0, 0.1) is 5.41 Å². The van der Waals surface area contributed by atoms with Gasteiger partial charge < -0.3 is 9.47 Å². The van der Waals surface area contributed by atoms with E-state index in [2.05, 4.69) is 6.72 Å². The van der Waals surface area contributed by atoms with Gasteiger partial charge in [0.2, 0.25) is 0 Å². The summed E-state index contributed by atoms with van der Waals surface area (Å²) < 4.78 is 14.3. The van der Waals surface area contributed by atoms with Crippen molar-refractivity contribution in [2.45, 2.75) is 53.2 Å². The van der Waals surface area contributed by atoms with Crippen molar-refractivity contribution in [1.29, 1.82) is 0 Å². The summed E-state index contributed by atoms with van der Waals surface area (Å²) in [5.41, 5.74) is 3.29. The Morgan fingerprint density at radius 2 is 2.09 bits per heavy atom. The number of amides is 1. The predicted molar refractivity (Wildman–Crippen MR) is 130 cm³/mol. The average Bonchev–Trinajstić information content (AvgIpc) is 3.36. The lowest BCUT2D eigenvalue weighted by Crippen LogP contribution is -2.22. The second-order valence-electron chi connectivity index (χ2n) is 9.74. The first-order chi connectivity index (χ1) is 15.6. The highest BCUT2D eigenvalue weighted by atomic mass is 35.5. The molecule has 0 fully saturated rings. The van der Waals surface area contributed by atoms with Crippen LogP contribution in [-0.4, -0.2) is 51.8 Å². The average molecular weight is 470 g/mol. The maximum atomic E-state index is 13.0. The molecule has 3 aromatic rings. The first kappa shape index (κ1) is 23.4. The first-order valence-corrected chi connectivity index (χ1v) is 11.4. The Morgan fingerprint density at radius 3 is 2.79 bits per heavy atom. The molecule has 0 spiro atoms. The molecule has 33 heavy (non-hydrogen) atoms. The van der Waals surface area contributed by atoms with Crippen LogP contribution >= 0.6 is 11.6 Å². The second-order valence-corrected chi connectivity index (χ2v) is 10.1. The van der Waals surface area contributed by atoms with E-state index in [-0.39, 0.29) is 17.4 Å². The van der Waals surface area contributed by atoms with Gasteiger partial charge in [0.25, 0.3) is 0 Å². The molecule has 1 aliphatic heterocycles. The molecule has 0 radical (unpaired) electrons. The number of hydrogen-bond acceptors (Lipinski definition) is 5. The minimum atomic E-state index is -0.166. The van der Waals surface area contributed by atoms with E-state index in [1.54, 1.807) is 18.0 Å². The van der Waals surface area contributed by atoms with Crippen molar-refractivity contribution in [2.75, 3.05) is 13.7 Å². The summed E-state index contributed by atoms with van der Waals surface area (Å²) in [4.78, 5) is 17.7. The minimum Gasteiger partial charge on any atom is -0.493 e. The normalized spacial score (nSPS) is 14.2. The fraction of sp³-hybridized carbons (Fsp3) is 0.440. The zero-order chi connectivity index (χ0) is 23.9. The van der Waals surface area contributed by atoms with Gasteiger partial charge in [0.05, 0.1) is 37.5 Å². The lowest BCUT2D eigenvalue weighted by Gasteiger charge is -2.15. The van der Waals surface area contributed by atoms with Gasteiger partial charge in [-0.15, -0.1) is 0 Å². The maximum absolute atomic E-state index is 13.0. The van der Waals surface area contributed by atoms with Crippen molar-refractivity contribution in [1.82, 2.24) is 14.8 Å². The number of halogens is 1. The standard InChI is InChI=1S/C25H30ClN4O3/c1-15(32-6)14-30-23-19(24(28-30)29(5)22(31)12-25(2,3)4)9-17(13-27-23)16-10-20(26)18-7-8-33-21(18)11-16/h9-11,13,15H,5,7-8,12,14H2,1-4,6H3/q+1. The zero-order valence-electron chi connectivity index (χ0n) is 19.8. The molecule has 0 N–H and O–H groups in total. The van der Waals surface area contributed by atoms with Gasteiger partial charge in [-0.1, -0.05) is 32.4 Å². The number of nitrogens with zero attached hydrogens (tertiary/aromatic N) is 4. The van der Waals surface area contributed by atoms with Crippen LogP contribution in [0.4, 0.5) is 5.82 Å². The molecular formula is C25H30ClN4O3+. The Kier molecular flexibility index (Phi) is 6.29. The number of rotatable bonds is 6. The van der Waals surface area contributed by atoms with Crippen LogP contribution in [0.2, 0.25) is 5.02 Å². The maximum Gasteiger partial charge on any atom is 0.366 e. The number of ether oxygens (including phenoxy) is 2. The molecule has 4 rings (SSSR count). The molecule has 8 heteroatoms. The summed E-state index contributed by atoms with van der Waals surface area (Å²) in [7, 11) is 1.66. The second kappa shape index (κ2) is 8.88. The van der Waals surface area contributed by atoms with E-state index in [0.29, 0.717) is 36.1 Å². The van der Waals surface area contributed by atoms with Crippen molar-refractivity contribution in [3.05, 3.63) is 35.0 Å². The number of carbonyl (C=O) groups is 1. The summed E-state index contributed by atoms with van der Waals surface area (Å²) in [6, 6.07) is 5.90. The number of benzene rings is 1. The van der Waals surface area contributed by atoms with Crippen molar-refractivity contribution in [2.24, 2.45) is 5.41 Å². The number of pyridine rings is 1. The highest BCUT2D eigenvalue weighted by molar-refractivity contribution is 6.32. The van der Waals surface area contributed by atoms with Gasteiger partial charge in [0, 0.05) is 35.9 Å². The fourth-order valence-electron chi connectivity index (χ4n) is 3.93. The molecule has 0 saturated carbocycles. The first-order valence-electron chi connectivity index (χ1n) is 11.1. The van der Waals surface area contributed by atoms with E-state index in [1.807, 2.05) is 45.9 Å². The molecule has 1 atom stereocenters. The molecule has 3 heterocycles. The lowest BCUT2D eigenvalue weighted by molar-refractivity contribution is -0.363. The number of carbonyl (C=O) groups excluding carboxylic acids is 1. The van der Waals surface area contributed by atoms with Gasteiger partial charge in [-0.2, -0.15) is 9.26 Å². The fourth-order valence-corrected chi connectivity index (χ4v) is 4.23. The van der Waals surface area contributed by atoms with Gasteiger partial charge in [0.15, 0.2) is 5.65 Å². The molecule has 1 amide bonds. The number of hydrogen-bond donors (Lipinski definition) is 0. The Bertz CT molecular complexity index is 1240. The molecule has 0 bridgehead atoms. The van der Waals surface area contributed by atoms with Crippen LogP contribution in [0.3, 0.4) is 0 Å². The third kappa shape index (κ3) is 4.80. The van der Waals surface area contributed by atoms with E-state index in [1.165, 1.54) is 4.58 Å². The third-order valence-electron chi connectivity index (χ3n) is 5.74. The van der Waals surface area contributed by atoms with Crippen LogP contribution in [-0.2, 0) is 22.5 Å². The Labute approximate surface area is 199 Å². The van der Waals surface area contributed by atoms with Crippen LogP contribution in [0.25, 0.3) is 22.2 Å². The van der Waals surface area contributed by atoms with Crippen LogP contribution < -0.4 is 4.74 Å². The smallest absolute Gasteiger partial charge is 0.366 e. The van der Waals surface area contributed by atoms with Gasteiger partial charge in [-0.3, -0.25) is 0 Å². The van der Waals surface area contributed by atoms with E-state index in [4.69, 9.17) is 31.2 Å². The SMILES string of the molecule is C=[N+](C(=O)CC(C)(C)C)c1nn(CC(C)OC)c2ncc(-c3cc(Cl)c4c(c3)OCC4)cc12. The van der Waals surface area contributed by atoms with E-state index in [0.717, 1.165) is 34.2 Å². The number of aromatic nitrogens is 3. The van der Waals surface area contributed by atoms with E-state index >= 15 is 0 Å². The molecule has 7 nitrogen and oxygen atoms in total. The molecule has 1 aliphatic rings. The van der Waals surface area contributed by atoms with Gasteiger partial charge in [-0.25, -0.2) is 9.78 Å². The summed E-state index contributed by atoms with van der Waals surface area (Å²) in [5, 5.41) is 6.13. The largest absolute Gasteiger partial charge is 0.493 e. The van der Waals surface area contributed by atoms with Crippen LogP contribution in [0.5, 0.6) is 5.75 Å². The molecule has 174 valence electrons. The van der Waals surface area contributed by atoms with Gasteiger partial charge >= 0.3 is 11.7 Å². The summed E-state index contributed by atoms with van der Waals surface area (Å²) in [6.45, 7) is 13.2. The van der Waals surface area contributed by atoms with Crippen molar-refractivity contribution in [3.8, 4) is 16.9 Å². The zero-order valence-corrected chi connectivity index (χ0v) is 20.6. The van der Waals surface area contributed by atoms with Crippen LogP contribution in [0.15, 0.2) is 24.4 Å². The topological polar surface area (TPSA) is 69.2 Å². The molecule has 0 saturated heterocycles. The summed E-state index contributed by atoms with van der Waals surface area (Å²) >= 11 is 6.51.